The van der Waals surface area contributed by atoms with Gasteiger partial charge in [0.15, 0.2) is 17.7 Å². The number of ether oxygens (including phenoxy) is 1. The van der Waals surface area contributed by atoms with Crippen molar-refractivity contribution in [2.75, 3.05) is 12.3 Å². The lowest BCUT2D eigenvalue weighted by Gasteiger charge is -2.19. The van der Waals surface area contributed by atoms with Crippen LogP contribution in [0.1, 0.15) is 6.23 Å². The summed E-state index contributed by atoms with van der Waals surface area (Å²) in [6.45, 7) is -0.541. The lowest BCUT2D eigenvalue weighted by molar-refractivity contribution is -0.0950. The summed E-state index contributed by atoms with van der Waals surface area (Å²) in [5.41, 5.74) is 12.4. The van der Waals surface area contributed by atoms with Crippen LogP contribution in [-0.4, -0.2) is 65.8 Å². The Bertz CT molecular complexity index is 649. The molecule has 7 N–H and O–H groups in total. The van der Waals surface area contributed by atoms with E-state index in [0.717, 1.165) is 0 Å². The van der Waals surface area contributed by atoms with Crippen LogP contribution >= 0.6 is 0 Å². The van der Waals surface area contributed by atoms with Gasteiger partial charge in [-0.3, -0.25) is 4.57 Å². The number of imidazole rings is 1. The molecule has 0 bridgehead atoms. The van der Waals surface area contributed by atoms with Crippen molar-refractivity contribution in [1.29, 1.82) is 0 Å². The van der Waals surface area contributed by atoms with E-state index < -0.39 is 37.2 Å². The molecule has 0 aromatic carbocycles. The highest BCUT2D eigenvalue weighted by atomic mass is 16.5. The first-order valence-electron chi connectivity index (χ1n) is 6.35. The Morgan fingerprint density at radius 2 is 2.14 bits per heavy atom. The van der Waals surface area contributed by atoms with Crippen LogP contribution in [-0.2, 0) is 4.74 Å². The Morgan fingerprint density at radius 1 is 1.38 bits per heavy atom. The summed E-state index contributed by atoms with van der Waals surface area (Å²) in [6.07, 6.45) is -1.43. The Hall–Kier alpha value is -1.85. The summed E-state index contributed by atoms with van der Waals surface area (Å²) < 4.78 is 7.09. The normalized spacial score (nSPS) is 30.9. The average molecular weight is 296 g/mol. The van der Waals surface area contributed by atoms with E-state index in [1.54, 1.807) is 0 Å². The van der Waals surface area contributed by atoms with Crippen molar-refractivity contribution in [3.8, 4) is 0 Å². The molecular weight excluding hydrogens is 280 g/mol. The van der Waals surface area contributed by atoms with Crippen molar-refractivity contribution in [1.82, 2.24) is 19.5 Å². The zero-order chi connectivity index (χ0) is 15.1. The van der Waals surface area contributed by atoms with Crippen LogP contribution in [0.2, 0.25) is 0 Å². The molecule has 0 spiro atoms. The molecule has 1 aliphatic rings. The van der Waals surface area contributed by atoms with E-state index in [9.17, 15) is 10.2 Å². The molecule has 0 unspecified atom stereocenters. The number of hydrogen-bond donors (Lipinski definition) is 5. The van der Waals surface area contributed by atoms with Crippen molar-refractivity contribution < 1.29 is 20.1 Å². The van der Waals surface area contributed by atoms with Gasteiger partial charge in [-0.15, -0.1) is 0 Å². The molecule has 2 aromatic rings. The molecule has 21 heavy (non-hydrogen) atoms. The van der Waals surface area contributed by atoms with Gasteiger partial charge in [-0.25, -0.2) is 15.0 Å². The first-order valence-corrected chi connectivity index (χ1v) is 6.35. The van der Waals surface area contributed by atoms with Gasteiger partial charge in [0.05, 0.1) is 19.0 Å². The zero-order valence-electron chi connectivity index (χ0n) is 10.9. The number of nitrogens with zero attached hydrogens (tertiary/aromatic N) is 4. The van der Waals surface area contributed by atoms with Crippen LogP contribution in [0.3, 0.4) is 0 Å². The van der Waals surface area contributed by atoms with Gasteiger partial charge in [0.1, 0.15) is 30.2 Å². The highest BCUT2D eigenvalue weighted by molar-refractivity contribution is 5.81. The number of aliphatic hydroxyl groups excluding tert-OH is 3. The minimum atomic E-state index is -1.23. The Morgan fingerprint density at radius 3 is 2.86 bits per heavy atom. The van der Waals surface area contributed by atoms with E-state index in [4.69, 9.17) is 21.3 Å². The number of nitrogen functional groups attached to an aromatic ring is 1. The molecule has 1 aliphatic heterocycles. The Kier molecular flexibility index (Phi) is 3.47. The van der Waals surface area contributed by atoms with Crippen LogP contribution in [0.25, 0.3) is 11.2 Å². The first kappa shape index (κ1) is 14.1. The number of anilines is 1. The number of fused-ring (bicyclic) bond motifs is 1. The summed E-state index contributed by atoms with van der Waals surface area (Å²) in [6, 6.07) is -0.815. The van der Waals surface area contributed by atoms with E-state index in [2.05, 4.69) is 15.0 Å². The fourth-order valence-electron chi connectivity index (χ4n) is 2.45. The van der Waals surface area contributed by atoms with Crippen molar-refractivity contribution in [2.24, 2.45) is 5.73 Å². The second kappa shape index (κ2) is 5.16. The highest BCUT2D eigenvalue weighted by Gasteiger charge is 2.46. The first-order chi connectivity index (χ1) is 10.0. The van der Waals surface area contributed by atoms with Crippen molar-refractivity contribution in [2.45, 2.75) is 30.6 Å². The minimum Gasteiger partial charge on any atom is -0.394 e. The summed E-state index contributed by atoms with van der Waals surface area (Å²) in [7, 11) is 0. The molecule has 0 aliphatic carbocycles. The molecule has 3 heterocycles. The van der Waals surface area contributed by atoms with E-state index in [1.165, 1.54) is 17.2 Å². The Balaban J connectivity index is 1.98. The van der Waals surface area contributed by atoms with E-state index in [0.29, 0.717) is 11.2 Å². The molecule has 114 valence electrons. The number of aliphatic hydroxyl groups is 3. The Labute approximate surface area is 119 Å². The number of aromatic nitrogens is 4. The molecule has 3 rings (SSSR count). The van der Waals surface area contributed by atoms with Gasteiger partial charge in [0.2, 0.25) is 0 Å². The van der Waals surface area contributed by atoms with Gasteiger partial charge in [-0.1, -0.05) is 0 Å². The number of rotatable bonds is 3. The zero-order valence-corrected chi connectivity index (χ0v) is 10.9. The highest BCUT2D eigenvalue weighted by Crippen LogP contribution is 2.32. The van der Waals surface area contributed by atoms with Crippen molar-refractivity contribution in [3.63, 3.8) is 0 Å². The lowest BCUT2D eigenvalue weighted by Crippen LogP contribution is -2.43. The van der Waals surface area contributed by atoms with Gasteiger partial charge < -0.3 is 31.5 Å². The molecule has 0 saturated carbocycles. The molecule has 0 radical (unpaired) electrons. The van der Waals surface area contributed by atoms with Gasteiger partial charge in [0, 0.05) is 0 Å². The fourth-order valence-corrected chi connectivity index (χ4v) is 2.45. The van der Waals surface area contributed by atoms with Crippen LogP contribution in [0.5, 0.6) is 0 Å². The average Bonchev–Trinajstić information content (AvgIpc) is 3.02. The summed E-state index contributed by atoms with van der Waals surface area (Å²) in [5, 5.41) is 28.7. The molecular formula is C11H16N6O4. The van der Waals surface area contributed by atoms with Gasteiger partial charge in [-0.05, 0) is 0 Å². The predicted octanol–water partition coefficient (Wildman–Crippen LogP) is -2.65. The molecule has 1 saturated heterocycles. The third-order valence-corrected chi connectivity index (χ3v) is 3.58. The van der Waals surface area contributed by atoms with E-state index in [1.807, 2.05) is 0 Å². The molecule has 2 aromatic heterocycles. The third-order valence-electron chi connectivity index (χ3n) is 3.58. The van der Waals surface area contributed by atoms with Crippen molar-refractivity contribution >= 4 is 17.0 Å². The number of nitrogens with two attached hydrogens (primary N) is 2. The van der Waals surface area contributed by atoms with E-state index in [-0.39, 0.29) is 5.82 Å². The van der Waals surface area contributed by atoms with Gasteiger partial charge in [-0.2, -0.15) is 0 Å². The van der Waals surface area contributed by atoms with Crippen LogP contribution in [0.15, 0.2) is 12.7 Å². The third kappa shape index (κ3) is 2.13. The molecule has 0 amide bonds. The summed E-state index contributed by atoms with van der Waals surface area (Å²) in [4.78, 5) is 12.0. The van der Waals surface area contributed by atoms with Crippen LogP contribution in [0, 0.1) is 0 Å². The lowest BCUT2D eigenvalue weighted by atomic mass is 10.0. The predicted molar refractivity (Wildman–Crippen MR) is 70.7 cm³/mol. The van der Waals surface area contributed by atoms with Gasteiger partial charge >= 0.3 is 0 Å². The van der Waals surface area contributed by atoms with Crippen LogP contribution in [0.4, 0.5) is 5.82 Å². The van der Waals surface area contributed by atoms with Crippen molar-refractivity contribution in [3.05, 3.63) is 12.7 Å². The SMILES string of the molecule is Nc1ncnc2c1ncn2[C@@H]1O[C@H]([C@@H](O)CO)[C@H](O)[C@@H]1N. The summed E-state index contributed by atoms with van der Waals surface area (Å²) in [5.74, 6) is 0.220. The molecule has 10 heteroatoms. The molecule has 10 nitrogen and oxygen atoms in total. The second-order valence-corrected chi connectivity index (χ2v) is 4.89. The fraction of sp³-hybridized carbons (Fsp3) is 0.545. The maximum absolute atomic E-state index is 10.0. The second-order valence-electron chi connectivity index (χ2n) is 4.89. The molecule has 1 fully saturated rings. The standard InChI is InChI=1S/C11H16N6O4/c12-5-7(20)8(4(19)1-18)21-11(5)17-3-16-6-9(13)14-2-15-10(6)17/h2-5,7-8,11,18-20H,1,12H2,(H2,13,14,15)/t4-,5-,7+,8+,11+/m0/s1. The number of hydrogen-bond acceptors (Lipinski definition) is 9. The maximum atomic E-state index is 10.0. The van der Waals surface area contributed by atoms with E-state index >= 15 is 0 Å². The summed E-state index contributed by atoms with van der Waals surface area (Å²) >= 11 is 0. The maximum Gasteiger partial charge on any atom is 0.167 e. The smallest absolute Gasteiger partial charge is 0.167 e. The van der Waals surface area contributed by atoms with Gasteiger partial charge in [0.25, 0.3) is 0 Å². The minimum absolute atomic E-state index is 0.220. The topological polar surface area (TPSA) is 166 Å². The monoisotopic (exact) mass is 296 g/mol. The quantitative estimate of drug-likeness (QED) is 0.406. The molecule has 5 atom stereocenters. The largest absolute Gasteiger partial charge is 0.394 e. The van der Waals surface area contributed by atoms with Crippen LogP contribution < -0.4 is 11.5 Å².